The molecule has 0 spiro atoms. The summed E-state index contributed by atoms with van der Waals surface area (Å²) in [4.78, 5) is 36.0. The molecule has 0 heterocycles. The average Bonchev–Trinajstić information content (AvgIpc) is 2.67. The number of likely N-dealkylation sites (N-methyl/N-ethyl adjacent to an activating group) is 1. The Bertz CT molecular complexity index is 867. The molecule has 0 saturated carbocycles. The lowest BCUT2D eigenvalue weighted by molar-refractivity contribution is -0.384. The number of aryl methyl sites for hydroxylation is 1. The molecule has 2 N–H and O–H groups in total. The van der Waals surface area contributed by atoms with E-state index in [2.05, 4.69) is 10.6 Å². The molecule has 2 rings (SSSR count). The molecule has 2 aromatic carbocycles. The highest BCUT2D eigenvalue weighted by Gasteiger charge is 2.16. The predicted octanol–water partition coefficient (Wildman–Crippen LogP) is 2.42. The molecule has 0 aliphatic carbocycles. The molecule has 0 unspecified atom stereocenters. The lowest BCUT2D eigenvalue weighted by Crippen LogP contribution is -2.38. The van der Waals surface area contributed by atoms with Crippen molar-refractivity contribution >= 4 is 28.9 Å². The first-order valence-corrected chi connectivity index (χ1v) is 8.47. The van der Waals surface area contributed by atoms with E-state index in [4.69, 9.17) is 4.74 Å². The fourth-order valence-electron chi connectivity index (χ4n) is 2.39. The molecule has 9 heteroatoms. The topological polar surface area (TPSA) is 114 Å². The normalized spacial score (nSPS) is 10.1. The fraction of sp³-hybridized carbons (Fsp3) is 0.263. The fourth-order valence-corrected chi connectivity index (χ4v) is 2.39. The third-order valence-corrected chi connectivity index (χ3v) is 3.97. The highest BCUT2D eigenvalue weighted by Crippen LogP contribution is 2.28. The number of hydrogen-bond acceptors (Lipinski definition) is 6. The van der Waals surface area contributed by atoms with Gasteiger partial charge in [0.1, 0.15) is 5.75 Å². The maximum absolute atomic E-state index is 12.3. The number of benzene rings is 2. The van der Waals surface area contributed by atoms with E-state index in [1.165, 1.54) is 37.3 Å². The van der Waals surface area contributed by atoms with Gasteiger partial charge >= 0.3 is 0 Å². The molecule has 0 aliphatic heterocycles. The summed E-state index contributed by atoms with van der Waals surface area (Å²) in [7, 11) is 2.93. The van der Waals surface area contributed by atoms with Crippen LogP contribution in [0.5, 0.6) is 5.75 Å². The van der Waals surface area contributed by atoms with Crippen LogP contribution in [0, 0.1) is 17.0 Å². The Morgan fingerprint density at radius 1 is 1.18 bits per heavy atom. The van der Waals surface area contributed by atoms with Gasteiger partial charge in [-0.1, -0.05) is 17.7 Å². The van der Waals surface area contributed by atoms with Crippen molar-refractivity contribution in [1.82, 2.24) is 4.90 Å². The lowest BCUT2D eigenvalue weighted by atomic mass is 10.2. The van der Waals surface area contributed by atoms with Gasteiger partial charge in [-0.05, 0) is 25.1 Å². The van der Waals surface area contributed by atoms with Crippen molar-refractivity contribution in [2.24, 2.45) is 0 Å². The number of carbonyl (C=O) groups excluding carboxylic acids is 2. The SMILES string of the molecule is COc1ccc([N+](=O)[O-])cc1NCC(=O)N(C)CC(=O)Nc1ccc(C)cc1. The summed E-state index contributed by atoms with van der Waals surface area (Å²) in [6.45, 7) is 1.67. The summed E-state index contributed by atoms with van der Waals surface area (Å²) >= 11 is 0. The molecule has 0 aromatic heterocycles. The van der Waals surface area contributed by atoms with Gasteiger partial charge < -0.3 is 20.3 Å². The molecule has 0 saturated heterocycles. The number of nitrogens with one attached hydrogen (secondary N) is 2. The Hall–Kier alpha value is -3.62. The van der Waals surface area contributed by atoms with Crippen LogP contribution in [0.2, 0.25) is 0 Å². The minimum absolute atomic E-state index is 0.124. The maximum atomic E-state index is 12.3. The van der Waals surface area contributed by atoms with Crippen molar-refractivity contribution in [1.29, 1.82) is 0 Å². The first-order chi connectivity index (χ1) is 13.3. The summed E-state index contributed by atoms with van der Waals surface area (Å²) in [6.07, 6.45) is 0. The molecular formula is C19H22N4O5. The molecule has 0 bridgehead atoms. The molecule has 9 nitrogen and oxygen atoms in total. The predicted molar refractivity (Wildman–Crippen MR) is 106 cm³/mol. The van der Waals surface area contributed by atoms with Crippen molar-refractivity contribution in [3.63, 3.8) is 0 Å². The number of nitrogens with zero attached hydrogens (tertiary/aromatic N) is 2. The number of nitro benzene ring substituents is 1. The molecule has 0 fully saturated rings. The first kappa shape index (κ1) is 20.7. The Labute approximate surface area is 162 Å². The van der Waals surface area contributed by atoms with E-state index in [1.807, 2.05) is 19.1 Å². The van der Waals surface area contributed by atoms with Gasteiger partial charge in [-0.25, -0.2) is 0 Å². The minimum atomic E-state index is -0.534. The van der Waals surface area contributed by atoms with Gasteiger partial charge in [0.25, 0.3) is 5.69 Å². The van der Waals surface area contributed by atoms with Crippen LogP contribution >= 0.6 is 0 Å². The number of anilines is 2. The molecule has 2 aromatic rings. The maximum Gasteiger partial charge on any atom is 0.271 e. The van der Waals surface area contributed by atoms with Gasteiger partial charge in [0, 0.05) is 24.9 Å². The number of hydrogen-bond donors (Lipinski definition) is 2. The Kier molecular flexibility index (Phi) is 6.91. The van der Waals surface area contributed by atoms with Gasteiger partial charge in [0.15, 0.2) is 0 Å². The van der Waals surface area contributed by atoms with Gasteiger partial charge in [0.2, 0.25) is 11.8 Å². The summed E-state index contributed by atoms with van der Waals surface area (Å²) in [5.41, 5.74) is 1.92. The zero-order valence-electron chi connectivity index (χ0n) is 15.9. The number of rotatable bonds is 8. The van der Waals surface area contributed by atoms with Gasteiger partial charge in [-0.2, -0.15) is 0 Å². The lowest BCUT2D eigenvalue weighted by Gasteiger charge is -2.18. The first-order valence-electron chi connectivity index (χ1n) is 8.47. The zero-order chi connectivity index (χ0) is 20.7. The van der Waals surface area contributed by atoms with E-state index in [-0.39, 0.29) is 30.6 Å². The van der Waals surface area contributed by atoms with Crippen LogP contribution in [0.15, 0.2) is 42.5 Å². The summed E-state index contributed by atoms with van der Waals surface area (Å²) in [6, 6.07) is 11.4. The molecule has 0 aliphatic rings. The summed E-state index contributed by atoms with van der Waals surface area (Å²) in [5, 5.41) is 16.4. The Morgan fingerprint density at radius 2 is 1.86 bits per heavy atom. The molecule has 2 amide bonds. The van der Waals surface area contributed by atoms with Gasteiger partial charge in [-0.3, -0.25) is 19.7 Å². The zero-order valence-corrected chi connectivity index (χ0v) is 15.9. The van der Waals surface area contributed by atoms with Crippen molar-refractivity contribution in [2.45, 2.75) is 6.92 Å². The van der Waals surface area contributed by atoms with E-state index in [1.54, 1.807) is 12.1 Å². The molecule has 0 atom stereocenters. The van der Waals surface area contributed by atoms with Crippen LogP contribution < -0.4 is 15.4 Å². The van der Waals surface area contributed by atoms with E-state index in [9.17, 15) is 19.7 Å². The van der Waals surface area contributed by atoms with Crippen molar-refractivity contribution in [3.8, 4) is 5.75 Å². The second kappa shape index (κ2) is 9.36. The number of nitro groups is 1. The highest BCUT2D eigenvalue weighted by atomic mass is 16.6. The van der Waals surface area contributed by atoms with Crippen LogP contribution in [-0.4, -0.2) is 48.9 Å². The highest BCUT2D eigenvalue weighted by molar-refractivity contribution is 5.95. The average molecular weight is 386 g/mol. The third-order valence-electron chi connectivity index (χ3n) is 3.97. The van der Waals surface area contributed by atoms with Crippen molar-refractivity contribution in [2.75, 3.05) is 37.9 Å². The monoisotopic (exact) mass is 386 g/mol. The number of amides is 2. The second-order valence-corrected chi connectivity index (χ2v) is 6.16. The quantitative estimate of drug-likeness (QED) is 0.532. The van der Waals surface area contributed by atoms with E-state index < -0.39 is 4.92 Å². The smallest absolute Gasteiger partial charge is 0.271 e. The van der Waals surface area contributed by atoms with Crippen molar-refractivity contribution in [3.05, 3.63) is 58.1 Å². The number of methoxy groups -OCH3 is 1. The largest absolute Gasteiger partial charge is 0.495 e. The van der Waals surface area contributed by atoms with Crippen LogP contribution in [0.3, 0.4) is 0 Å². The van der Waals surface area contributed by atoms with E-state index in [0.29, 0.717) is 17.1 Å². The Balaban J connectivity index is 1.91. The minimum Gasteiger partial charge on any atom is -0.495 e. The van der Waals surface area contributed by atoms with E-state index >= 15 is 0 Å². The van der Waals surface area contributed by atoms with Crippen LogP contribution in [0.4, 0.5) is 17.1 Å². The molecular weight excluding hydrogens is 364 g/mol. The van der Waals surface area contributed by atoms with Crippen molar-refractivity contribution < 1.29 is 19.2 Å². The summed E-state index contributed by atoms with van der Waals surface area (Å²) in [5.74, 6) is -0.307. The number of ether oxygens (including phenoxy) is 1. The molecule has 28 heavy (non-hydrogen) atoms. The number of carbonyl (C=O) groups is 2. The molecule has 148 valence electrons. The van der Waals surface area contributed by atoms with E-state index in [0.717, 1.165) is 5.56 Å². The standard InChI is InChI=1S/C19H22N4O5/c1-13-4-6-14(7-5-13)21-18(24)12-22(2)19(25)11-20-16-10-15(23(26)27)8-9-17(16)28-3/h4-10,20H,11-12H2,1-3H3,(H,21,24). The van der Waals surface area contributed by atoms with Crippen LogP contribution in [0.25, 0.3) is 0 Å². The third kappa shape index (κ3) is 5.70. The van der Waals surface area contributed by atoms with Gasteiger partial charge in [0.05, 0.1) is 30.8 Å². The summed E-state index contributed by atoms with van der Waals surface area (Å²) < 4.78 is 5.14. The van der Waals surface area contributed by atoms with Crippen LogP contribution in [0.1, 0.15) is 5.56 Å². The Morgan fingerprint density at radius 3 is 2.46 bits per heavy atom. The second-order valence-electron chi connectivity index (χ2n) is 6.16. The van der Waals surface area contributed by atoms with Crippen LogP contribution in [-0.2, 0) is 9.59 Å². The van der Waals surface area contributed by atoms with Gasteiger partial charge in [-0.15, -0.1) is 0 Å². The number of non-ortho nitro benzene ring substituents is 1. The molecule has 0 radical (unpaired) electrons.